The molecule has 0 saturated heterocycles. The molecule has 3 unspecified atom stereocenters. The Kier molecular flexibility index (Phi) is 2.94. The molecule has 3 atom stereocenters. The van der Waals surface area contributed by atoms with Crippen molar-refractivity contribution >= 4 is 0 Å². The van der Waals surface area contributed by atoms with E-state index in [0.717, 1.165) is 23.3 Å². The number of aliphatic hydroxyl groups excluding tert-OH is 1. The van der Waals surface area contributed by atoms with Crippen molar-refractivity contribution in [1.29, 1.82) is 0 Å². The zero-order valence-corrected chi connectivity index (χ0v) is 10.4. The lowest BCUT2D eigenvalue weighted by Gasteiger charge is -2.17. The Labute approximate surface area is 97.3 Å². The van der Waals surface area contributed by atoms with Gasteiger partial charge in [-0.25, -0.2) is 0 Å². The molecule has 1 fully saturated rings. The summed E-state index contributed by atoms with van der Waals surface area (Å²) in [5.74, 6) is 1.91. The van der Waals surface area contributed by atoms with E-state index in [4.69, 9.17) is 4.74 Å². The fourth-order valence-electron chi connectivity index (χ4n) is 2.34. The lowest BCUT2D eigenvalue weighted by Crippen LogP contribution is -2.05. The van der Waals surface area contributed by atoms with E-state index >= 15 is 0 Å². The molecule has 1 N–H and O–H groups in total. The first kappa shape index (κ1) is 11.5. The summed E-state index contributed by atoms with van der Waals surface area (Å²) in [5, 5.41) is 10.3. The molecule has 0 aromatic heterocycles. The molecular formula is C14H20O2. The van der Waals surface area contributed by atoms with Gasteiger partial charge in [0.2, 0.25) is 0 Å². The lowest BCUT2D eigenvalue weighted by molar-refractivity contribution is 0.144. The van der Waals surface area contributed by atoms with Crippen LogP contribution in [0.3, 0.4) is 0 Å². The number of methoxy groups -OCH3 is 1. The molecule has 0 spiro atoms. The van der Waals surface area contributed by atoms with Crippen LogP contribution in [0.4, 0.5) is 0 Å². The number of aryl methyl sites for hydroxylation is 1. The first-order chi connectivity index (χ1) is 7.56. The fourth-order valence-corrected chi connectivity index (χ4v) is 2.34. The van der Waals surface area contributed by atoms with Gasteiger partial charge in [-0.15, -0.1) is 0 Å². The highest BCUT2D eigenvalue weighted by atomic mass is 16.5. The Hall–Kier alpha value is -1.02. The molecular weight excluding hydrogens is 200 g/mol. The topological polar surface area (TPSA) is 29.5 Å². The summed E-state index contributed by atoms with van der Waals surface area (Å²) in [6.07, 6.45) is 0.751. The highest BCUT2D eigenvalue weighted by molar-refractivity contribution is 5.46. The molecule has 2 nitrogen and oxygen atoms in total. The number of hydrogen-bond acceptors (Lipinski definition) is 2. The summed E-state index contributed by atoms with van der Waals surface area (Å²) < 4.78 is 5.43. The third kappa shape index (κ3) is 1.82. The minimum absolute atomic E-state index is 0.371. The van der Waals surface area contributed by atoms with Gasteiger partial charge in [-0.3, -0.25) is 0 Å². The van der Waals surface area contributed by atoms with Crippen molar-refractivity contribution in [1.82, 2.24) is 0 Å². The maximum absolute atomic E-state index is 10.3. The maximum atomic E-state index is 10.3. The van der Waals surface area contributed by atoms with Gasteiger partial charge in [0.25, 0.3) is 0 Å². The fraction of sp³-hybridized carbons (Fsp3) is 0.571. The van der Waals surface area contributed by atoms with Crippen LogP contribution in [0, 0.1) is 25.7 Å². The van der Waals surface area contributed by atoms with Crippen molar-refractivity contribution < 1.29 is 9.84 Å². The van der Waals surface area contributed by atoms with Crippen molar-refractivity contribution in [2.75, 3.05) is 7.11 Å². The van der Waals surface area contributed by atoms with Gasteiger partial charge in [-0.2, -0.15) is 0 Å². The molecule has 0 radical (unpaired) electrons. The highest BCUT2D eigenvalue weighted by Gasteiger charge is 2.40. The van der Waals surface area contributed by atoms with Gasteiger partial charge in [0.1, 0.15) is 5.75 Å². The highest BCUT2D eigenvalue weighted by Crippen LogP contribution is 2.49. The van der Waals surface area contributed by atoms with Crippen LogP contribution in [-0.2, 0) is 0 Å². The Bertz CT molecular complexity index is 398. The van der Waals surface area contributed by atoms with E-state index in [0.29, 0.717) is 11.8 Å². The number of aliphatic hydroxyl groups is 1. The van der Waals surface area contributed by atoms with E-state index < -0.39 is 0 Å². The first-order valence-electron chi connectivity index (χ1n) is 5.88. The summed E-state index contributed by atoms with van der Waals surface area (Å²) in [5.41, 5.74) is 3.28. The third-order valence-corrected chi connectivity index (χ3v) is 3.81. The molecule has 1 aliphatic rings. The van der Waals surface area contributed by atoms with E-state index in [1.807, 2.05) is 13.0 Å². The quantitative estimate of drug-likeness (QED) is 0.848. The van der Waals surface area contributed by atoms with Gasteiger partial charge in [-0.1, -0.05) is 19.1 Å². The third-order valence-electron chi connectivity index (χ3n) is 3.81. The van der Waals surface area contributed by atoms with Crippen LogP contribution in [0.25, 0.3) is 0 Å². The van der Waals surface area contributed by atoms with Crippen LogP contribution in [0.15, 0.2) is 12.1 Å². The molecule has 2 heteroatoms. The molecule has 1 aromatic carbocycles. The van der Waals surface area contributed by atoms with Gasteiger partial charge >= 0.3 is 0 Å². The Morgan fingerprint density at radius 3 is 2.50 bits per heavy atom. The summed E-state index contributed by atoms with van der Waals surface area (Å²) in [7, 11) is 1.67. The number of hydrogen-bond donors (Lipinski definition) is 1. The second-order valence-electron chi connectivity index (χ2n) is 4.95. The molecule has 2 rings (SSSR count). The Morgan fingerprint density at radius 2 is 2.00 bits per heavy atom. The van der Waals surface area contributed by atoms with Crippen molar-refractivity contribution in [3.05, 3.63) is 28.8 Å². The summed E-state index contributed by atoms with van der Waals surface area (Å²) in [6.45, 7) is 6.29. The van der Waals surface area contributed by atoms with Crippen molar-refractivity contribution in [3.63, 3.8) is 0 Å². The van der Waals surface area contributed by atoms with Gasteiger partial charge in [0.15, 0.2) is 0 Å². The molecule has 1 saturated carbocycles. The second-order valence-corrected chi connectivity index (χ2v) is 4.95. The average Bonchev–Trinajstić information content (AvgIpc) is 2.98. The van der Waals surface area contributed by atoms with E-state index in [9.17, 15) is 5.11 Å². The van der Waals surface area contributed by atoms with Crippen molar-refractivity contribution in [2.45, 2.75) is 33.3 Å². The minimum atomic E-state index is -0.371. The van der Waals surface area contributed by atoms with Gasteiger partial charge in [0.05, 0.1) is 13.2 Å². The van der Waals surface area contributed by atoms with E-state index in [2.05, 4.69) is 19.9 Å². The molecule has 16 heavy (non-hydrogen) atoms. The second kappa shape index (κ2) is 4.10. The molecule has 1 aliphatic carbocycles. The predicted molar refractivity (Wildman–Crippen MR) is 64.7 cm³/mol. The Balaban J connectivity index is 2.36. The zero-order chi connectivity index (χ0) is 11.9. The van der Waals surface area contributed by atoms with Crippen molar-refractivity contribution in [2.24, 2.45) is 11.8 Å². The number of rotatable bonds is 3. The standard InChI is InChI=1S/C14H20O2/c1-8-5-6-11(14(16-4)10(8)3)13(15)12-7-9(12)2/h5-6,9,12-13,15H,7H2,1-4H3. The van der Waals surface area contributed by atoms with Crippen LogP contribution in [0.1, 0.15) is 36.1 Å². The molecule has 0 aliphatic heterocycles. The van der Waals surface area contributed by atoms with E-state index in [1.165, 1.54) is 5.56 Å². The smallest absolute Gasteiger partial charge is 0.127 e. The molecule has 88 valence electrons. The van der Waals surface area contributed by atoms with E-state index in [-0.39, 0.29) is 6.10 Å². The van der Waals surface area contributed by atoms with Crippen LogP contribution >= 0.6 is 0 Å². The van der Waals surface area contributed by atoms with E-state index in [1.54, 1.807) is 7.11 Å². The Morgan fingerprint density at radius 1 is 1.38 bits per heavy atom. The SMILES string of the molecule is COc1c(C(O)C2CC2C)ccc(C)c1C. The summed E-state index contributed by atoms with van der Waals surface area (Å²) >= 11 is 0. The lowest BCUT2D eigenvalue weighted by atomic mass is 9.97. The first-order valence-corrected chi connectivity index (χ1v) is 5.88. The zero-order valence-electron chi connectivity index (χ0n) is 10.4. The molecule has 0 amide bonds. The monoisotopic (exact) mass is 220 g/mol. The maximum Gasteiger partial charge on any atom is 0.127 e. The summed E-state index contributed by atoms with van der Waals surface area (Å²) in [6, 6.07) is 4.06. The average molecular weight is 220 g/mol. The largest absolute Gasteiger partial charge is 0.496 e. The van der Waals surface area contributed by atoms with Crippen LogP contribution < -0.4 is 4.74 Å². The van der Waals surface area contributed by atoms with Crippen molar-refractivity contribution in [3.8, 4) is 5.75 Å². The number of ether oxygens (including phenoxy) is 1. The van der Waals surface area contributed by atoms with Crippen LogP contribution in [0.5, 0.6) is 5.75 Å². The van der Waals surface area contributed by atoms with Gasteiger partial charge < -0.3 is 9.84 Å². The summed E-state index contributed by atoms with van der Waals surface area (Å²) in [4.78, 5) is 0. The molecule has 0 heterocycles. The van der Waals surface area contributed by atoms with Crippen LogP contribution in [0.2, 0.25) is 0 Å². The molecule has 1 aromatic rings. The normalized spacial score (nSPS) is 25.3. The number of benzene rings is 1. The predicted octanol–water partition coefficient (Wildman–Crippen LogP) is 3.00. The minimum Gasteiger partial charge on any atom is -0.496 e. The van der Waals surface area contributed by atoms with Gasteiger partial charge in [0, 0.05) is 5.56 Å². The van der Waals surface area contributed by atoms with Gasteiger partial charge in [-0.05, 0) is 43.2 Å². The van der Waals surface area contributed by atoms with Crippen LogP contribution in [-0.4, -0.2) is 12.2 Å². The molecule has 0 bridgehead atoms.